The standard InChI is InChI=1S/C42H55N3O5/c1-7-28(6)37(25-46)43-40(49)24-38(47)36(22-26(2)3)44-42(50)41(27(4)5)45-39(48)23-35(33-20-12-16-29-14-8-10-18-31(29)33)34-21-13-17-30-15-9-11-19-32(30)34/h8-21,26-28,35-38,41,46-47H,7,22-25H2,1-6H3,(H,43,49)(H,44,50)(H,45,48). The first-order valence-electron chi connectivity index (χ1n) is 18.1. The van der Waals surface area contributed by atoms with Gasteiger partial charge in [0.15, 0.2) is 0 Å². The van der Waals surface area contributed by atoms with Gasteiger partial charge in [-0.2, -0.15) is 0 Å². The molecule has 4 rings (SSSR count). The van der Waals surface area contributed by atoms with E-state index in [1.54, 1.807) is 0 Å². The lowest BCUT2D eigenvalue weighted by Gasteiger charge is -2.30. The Morgan fingerprint density at radius 1 is 0.660 bits per heavy atom. The lowest BCUT2D eigenvalue weighted by atomic mass is 9.83. The maximum atomic E-state index is 14.0. The summed E-state index contributed by atoms with van der Waals surface area (Å²) in [5.74, 6) is -1.38. The van der Waals surface area contributed by atoms with Crippen molar-refractivity contribution in [1.29, 1.82) is 0 Å². The van der Waals surface area contributed by atoms with E-state index in [0.29, 0.717) is 6.42 Å². The van der Waals surface area contributed by atoms with Gasteiger partial charge in [-0.1, -0.05) is 133 Å². The first-order valence-corrected chi connectivity index (χ1v) is 18.1. The molecule has 0 saturated carbocycles. The molecule has 5 unspecified atom stereocenters. The number of rotatable bonds is 17. The van der Waals surface area contributed by atoms with Crippen LogP contribution in [0.5, 0.6) is 0 Å². The predicted octanol–water partition coefficient (Wildman–Crippen LogP) is 6.46. The van der Waals surface area contributed by atoms with Crippen molar-refractivity contribution in [2.24, 2.45) is 17.8 Å². The highest BCUT2D eigenvalue weighted by Gasteiger charge is 2.32. The molecule has 0 aliphatic heterocycles. The molecule has 4 aromatic carbocycles. The summed E-state index contributed by atoms with van der Waals surface area (Å²) in [5, 5.41) is 34.1. The van der Waals surface area contributed by atoms with Crippen molar-refractivity contribution >= 4 is 39.3 Å². The molecule has 3 amide bonds. The van der Waals surface area contributed by atoms with Crippen LogP contribution < -0.4 is 16.0 Å². The van der Waals surface area contributed by atoms with Gasteiger partial charge in [0, 0.05) is 12.3 Å². The molecular weight excluding hydrogens is 626 g/mol. The lowest BCUT2D eigenvalue weighted by molar-refractivity contribution is -0.132. The monoisotopic (exact) mass is 681 g/mol. The van der Waals surface area contributed by atoms with Crippen LogP contribution in [-0.2, 0) is 14.4 Å². The Morgan fingerprint density at radius 2 is 1.18 bits per heavy atom. The maximum absolute atomic E-state index is 14.0. The Labute approximate surface area is 297 Å². The van der Waals surface area contributed by atoms with Crippen LogP contribution in [0.25, 0.3) is 21.5 Å². The number of fused-ring (bicyclic) bond motifs is 2. The molecule has 0 heterocycles. The van der Waals surface area contributed by atoms with E-state index in [9.17, 15) is 24.6 Å². The number of nitrogens with one attached hydrogen (secondary N) is 3. The fourth-order valence-corrected chi connectivity index (χ4v) is 6.79. The summed E-state index contributed by atoms with van der Waals surface area (Å²) in [5.41, 5.74) is 2.07. The average molecular weight is 682 g/mol. The molecule has 0 spiro atoms. The van der Waals surface area contributed by atoms with Crippen molar-refractivity contribution < 1.29 is 24.6 Å². The van der Waals surface area contributed by atoms with Gasteiger partial charge in [0.1, 0.15) is 6.04 Å². The van der Waals surface area contributed by atoms with E-state index in [0.717, 1.165) is 39.1 Å². The zero-order valence-electron chi connectivity index (χ0n) is 30.4. The second-order valence-electron chi connectivity index (χ2n) is 14.4. The smallest absolute Gasteiger partial charge is 0.243 e. The van der Waals surface area contributed by atoms with Gasteiger partial charge in [-0.25, -0.2) is 0 Å². The summed E-state index contributed by atoms with van der Waals surface area (Å²) in [6.45, 7) is 11.5. The van der Waals surface area contributed by atoms with Crippen LogP contribution in [0, 0.1) is 17.8 Å². The topological polar surface area (TPSA) is 128 Å². The van der Waals surface area contributed by atoms with E-state index in [-0.39, 0.29) is 54.9 Å². The van der Waals surface area contributed by atoms with Crippen molar-refractivity contribution in [2.45, 2.75) is 97.4 Å². The summed E-state index contributed by atoms with van der Waals surface area (Å²) < 4.78 is 0. The fraction of sp³-hybridized carbons (Fsp3) is 0.452. The van der Waals surface area contributed by atoms with Gasteiger partial charge in [-0.05, 0) is 56.8 Å². The molecule has 0 aliphatic carbocycles. The van der Waals surface area contributed by atoms with Crippen molar-refractivity contribution in [3.05, 3.63) is 96.1 Å². The number of hydrogen-bond acceptors (Lipinski definition) is 5. The summed E-state index contributed by atoms with van der Waals surface area (Å²) in [6, 6.07) is 26.7. The second kappa shape index (κ2) is 18.1. The molecule has 4 aromatic rings. The van der Waals surface area contributed by atoms with Crippen molar-refractivity contribution in [2.75, 3.05) is 6.61 Å². The van der Waals surface area contributed by atoms with Gasteiger partial charge < -0.3 is 26.2 Å². The number of hydrogen-bond donors (Lipinski definition) is 5. The zero-order chi connectivity index (χ0) is 36.4. The van der Waals surface area contributed by atoms with Crippen LogP contribution in [-0.4, -0.2) is 58.8 Å². The van der Waals surface area contributed by atoms with Crippen molar-refractivity contribution in [3.63, 3.8) is 0 Å². The minimum atomic E-state index is -1.15. The summed E-state index contributed by atoms with van der Waals surface area (Å²) in [7, 11) is 0. The van der Waals surface area contributed by atoms with Gasteiger partial charge in [-0.15, -0.1) is 0 Å². The molecule has 0 fully saturated rings. The molecule has 8 nitrogen and oxygen atoms in total. The maximum Gasteiger partial charge on any atom is 0.243 e. The molecule has 8 heteroatoms. The highest BCUT2D eigenvalue weighted by atomic mass is 16.3. The van der Waals surface area contributed by atoms with Gasteiger partial charge in [-0.3, -0.25) is 14.4 Å². The van der Waals surface area contributed by atoms with Crippen LogP contribution in [0.2, 0.25) is 0 Å². The predicted molar refractivity (Wildman–Crippen MR) is 202 cm³/mol. The van der Waals surface area contributed by atoms with E-state index in [1.165, 1.54) is 0 Å². The number of aliphatic hydroxyl groups is 2. The summed E-state index contributed by atoms with van der Waals surface area (Å²) in [6.07, 6.45) is -0.0198. The Morgan fingerprint density at radius 3 is 1.68 bits per heavy atom. The summed E-state index contributed by atoms with van der Waals surface area (Å²) in [4.78, 5) is 40.7. The normalized spacial score (nSPS) is 14.8. The van der Waals surface area contributed by atoms with Gasteiger partial charge in [0.05, 0.1) is 31.2 Å². The fourth-order valence-electron chi connectivity index (χ4n) is 6.79. The lowest BCUT2D eigenvalue weighted by Crippen LogP contribution is -2.55. The number of aliphatic hydroxyl groups excluding tert-OH is 2. The van der Waals surface area contributed by atoms with E-state index in [1.807, 2.05) is 77.9 Å². The molecule has 0 aromatic heterocycles. The first kappa shape index (κ1) is 38.5. The van der Waals surface area contributed by atoms with E-state index in [4.69, 9.17) is 0 Å². The van der Waals surface area contributed by atoms with Crippen molar-refractivity contribution in [3.8, 4) is 0 Å². The third kappa shape index (κ3) is 9.92. The molecule has 0 saturated heterocycles. The highest BCUT2D eigenvalue weighted by Crippen LogP contribution is 2.37. The number of carbonyl (C=O) groups is 3. The van der Waals surface area contributed by atoms with E-state index >= 15 is 0 Å². The molecule has 0 aliphatic rings. The SMILES string of the molecule is CCC(C)C(CO)NC(=O)CC(O)C(CC(C)C)NC(=O)C(NC(=O)CC(c1cccc2ccccc12)c1cccc2ccccc12)C(C)C. The molecule has 268 valence electrons. The Hall–Kier alpha value is -4.27. The van der Waals surface area contributed by atoms with Crippen LogP contribution >= 0.6 is 0 Å². The largest absolute Gasteiger partial charge is 0.394 e. The van der Waals surface area contributed by atoms with Crippen LogP contribution in [0.4, 0.5) is 0 Å². The Balaban J connectivity index is 1.56. The molecule has 0 radical (unpaired) electrons. The number of carbonyl (C=O) groups excluding carboxylic acids is 3. The minimum absolute atomic E-state index is 0.0727. The summed E-state index contributed by atoms with van der Waals surface area (Å²) >= 11 is 0. The quantitative estimate of drug-likeness (QED) is 0.0875. The first-order chi connectivity index (χ1) is 23.9. The van der Waals surface area contributed by atoms with Crippen molar-refractivity contribution in [1.82, 2.24) is 16.0 Å². The average Bonchev–Trinajstić information content (AvgIpc) is 3.10. The van der Waals surface area contributed by atoms with E-state index in [2.05, 4.69) is 64.5 Å². The van der Waals surface area contributed by atoms with Gasteiger partial charge >= 0.3 is 0 Å². The number of benzene rings is 4. The van der Waals surface area contributed by atoms with Gasteiger partial charge in [0.2, 0.25) is 17.7 Å². The van der Waals surface area contributed by atoms with Gasteiger partial charge in [0.25, 0.3) is 0 Å². The molecule has 50 heavy (non-hydrogen) atoms. The minimum Gasteiger partial charge on any atom is -0.394 e. The third-order valence-corrected chi connectivity index (χ3v) is 9.84. The molecule has 5 N–H and O–H groups in total. The zero-order valence-corrected chi connectivity index (χ0v) is 30.4. The number of amides is 3. The van der Waals surface area contributed by atoms with E-state index < -0.39 is 30.1 Å². The molecule has 0 bridgehead atoms. The highest BCUT2D eigenvalue weighted by molar-refractivity contribution is 5.93. The molecular formula is C42H55N3O5. The van der Waals surface area contributed by atoms with Crippen LogP contribution in [0.15, 0.2) is 84.9 Å². The third-order valence-electron chi connectivity index (χ3n) is 9.84. The second-order valence-corrected chi connectivity index (χ2v) is 14.4. The molecule has 5 atom stereocenters. The van der Waals surface area contributed by atoms with Crippen LogP contribution in [0.1, 0.15) is 84.3 Å². The Kier molecular flexibility index (Phi) is 14.0. The Bertz CT molecular complexity index is 1650. The van der Waals surface area contributed by atoms with Crippen LogP contribution in [0.3, 0.4) is 0 Å².